The van der Waals surface area contributed by atoms with Crippen molar-refractivity contribution in [2.75, 3.05) is 0 Å². The zero-order chi connectivity index (χ0) is 17.3. The summed E-state index contributed by atoms with van der Waals surface area (Å²) in [6, 6.07) is 3.95. The number of aromatic nitrogens is 3. The van der Waals surface area contributed by atoms with Gasteiger partial charge in [-0.3, -0.25) is 4.57 Å². The highest BCUT2D eigenvalue weighted by Crippen LogP contribution is 2.24. The van der Waals surface area contributed by atoms with E-state index in [4.69, 9.17) is 4.74 Å². The molecule has 1 aliphatic heterocycles. The molecule has 0 fully saturated rings. The lowest BCUT2D eigenvalue weighted by molar-refractivity contribution is -0.135. The largest absolute Gasteiger partial charge is 0.425 e. The first-order valence-corrected chi connectivity index (χ1v) is 8.41. The second kappa shape index (κ2) is 6.63. The maximum Gasteiger partial charge on any atom is 0.346 e. The van der Waals surface area contributed by atoms with Gasteiger partial charge in [0, 0.05) is 13.0 Å². The predicted molar refractivity (Wildman–Crippen MR) is 90.3 cm³/mol. The summed E-state index contributed by atoms with van der Waals surface area (Å²) in [4.78, 5) is 24.7. The number of carbonyl (C=O) groups is 1. The quantitative estimate of drug-likeness (QED) is 0.640. The molecule has 2 aromatic rings. The third-order valence-corrected chi connectivity index (χ3v) is 4.38. The number of benzene rings is 1. The average molecular weight is 329 g/mol. The minimum Gasteiger partial charge on any atom is -0.425 e. The van der Waals surface area contributed by atoms with Gasteiger partial charge in [-0.05, 0) is 44.7 Å². The maximum atomic E-state index is 12.4. The van der Waals surface area contributed by atoms with E-state index in [0.717, 1.165) is 48.2 Å². The third kappa shape index (κ3) is 3.27. The Bertz CT molecular complexity index is 810. The molecule has 0 atom stereocenters. The van der Waals surface area contributed by atoms with Gasteiger partial charge in [0.05, 0.1) is 0 Å². The molecule has 0 saturated carbocycles. The molecule has 3 rings (SSSR count). The van der Waals surface area contributed by atoms with Crippen molar-refractivity contribution < 1.29 is 9.53 Å². The Kier molecular flexibility index (Phi) is 4.55. The van der Waals surface area contributed by atoms with Crippen LogP contribution in [0.2, 0.25) is 0 Å². The van der Waals surface area contributed by atoms with E-state index in [1.165, 1.54) is 4.68 Å². The van der Waals surface area contributed by atoms with Gasteiger partial charge in [0.1, 0.15) is 18.1 Å². The lowest BCUT2D eigenvalue weighted by Crippen LogP contribution is -2.29. The van der Waals surface area contributed by atoms with Gasteiger partial charge < -0.3 is 4.74 Å². The van der Waals surface area contributed by atoms with E-state index in [2.05, 4.69) is 5.10 Å². The zero-order valence-electron chi connectivity index (χ0n) is 14.5. The highest BCUT2D eigenvalue weighted by molar-refractivity contribution is 5.73. The minimum atomic E-state index is -0.472. The van der Waals surface area contributed by atoms with Crippen molar-refractivity contribution in [1.82, 2.24) is 14.3 Å². The first-order valence-electron chi connectivity index (χ1n) is 8.41. The first-order chi connectivity index (χ1) is 11.5. The highest BCUT2D eigenvalue weighted by atomic mass is 16.5. The SMILES string of the molecule is Cc1cc(C)c(OC(=O)Cn2nc3n(c2=O)CCCCC3)c(C)c1. The molecule has 128 valence electrons. The molecule has 2 heterocycles. The Morgan fingerprint density at radius 1 is 1.17 bits per heavy atom. The van der Waals surface area contributed by atoms with E-state index in [1.807, 2.05) is 32.9 Å². The van der Waals surface area contributed by atoms with E-state index in [0.29, 0.717) is 12.3 Å². The topological polar surface area (TPSA) is 66.1 Å². The van der Waals surface area contributed by atoms with Crippen molar-refractivity contribution in [2.24, 2.45) is 0 Å². The summed E-state index contributed by atoms with van der Waals surface area (Å²) in [7, 11) is 0. The summed E-state index contributed by atoms with van der Waals surface area (Å²) in [6.45, 7) is 6.34. The second-order valence-corrected chi connectivity index (χ2v) is 6.52. The molecule has 6 heteroatoms. The van der Waals surface area contributed by atoms with Crippen LogP contribution in [0, 0.1) is 20.8 Å². The molecule has 0 amide bonds. The average Bonchev–Trinajstić information content (AvgIpc) is 2.69. The number of esters is 1. The smallest absolute Gasteiger partial charge is 0.346 e. The van der Waals surface area contributed by atoms with Crippen molar-refractivity contribution in [1.29, 1.82) is 0 Å². The van der Waals surface area contributed by atoms with E-state index in [9.17, 15) is 9.59 Å². The van der Waals surface area contributed by atoms with Gasteiger partial charge in [-0.25, -0.2) is 14.3 Å². The summed E-state index contributed by atoms with van der Waals surface area (Å²) in [6.07, 6.45) is 3.90. The molecule has 6 nitrogen and oxygen atoms in total. The van der Waals surface area contributed by atoms with Gasteiger partial charge >= 0.3 is 11.7 Å². The Balaban J connectivity index is 1.78. The van der Waals surface area contributed by atoms with Crippen molar-refractivity contribution in [2.45, 2.75) is 59.5 Å². The van der Waals surface area contributed by atoms with E-state index in [-0.39, 0.29) is 12.2 Å². The monoisotopic (exact) mass is 329 g/mol. The van der Waals surface area contributed by atoms with Crippen molar-refractivity contribution >= 4 is 5.97 Å². The Hall–Kier alpha value is -2.37. The van der Waals surface area contributed by atoms with E-state index < -0.39 is 5.97 Å². The predicted octanol–water partition coefficient (Wildman–Crippen LogP) is 2.30. The Labute approximate surface area is 141 Å². The van der Waals surface area contributed by atoms with Crippen LogP contribution in [-0.4, -0.2) is 20.3 Å². The number of aryl methyl sites for hydroxylation is 4. The van der Waals surface area contributed by atoms with E-state index >= 15 is 0 Å². The van der Waals surface area contributed by atoms with Crippen LogP contribution >= 0.6 is 0 Å². The molecule has 0 spiro atoms. The number of rotatable bonds is 3. The van der Waals surface area contributed by atoms with Gasteiger partial charge in [0.15, 0.2) is 0 Å². The summed E-state index contributed by atoms with van der Waals surface area (Å²) in [5.74, 6) is 0.868. The van der Waals surface area contributed by atoms with Gasteiger partial charge in [-0.2, -0.15) is 5.10 Å². The molecule has 1 aromatic heterocycles. The fourth-order valence-corrected chi connectivity index (χ4v) is 3.32. The molecule has 0 aliphatic carbocycles. The molecule has 1 aromatic carbocycles. The summed E-state index contributed by atoms with van der Waals surface area (Å²) >= 11 is 0. The number of carbonyl (C=O) groups excluding carboxylic acids is 1. The van der Waals surface area contributed by atoms with Gasteiger partial charge in [-0.1, -0.05) is 24.1 Å². The molecule has 0 bridgehead atoms. The van der Waals surface area contributed by atoms with Gasteiger partial charge in [-0.15, -0.1) is 0 Å². The number of hydrogen-bond donors (Lipinski definition) is 0. The van der Waals surface area contributed by atoms with Crippen LogP contribution in [0.1, 0.15) is 41.8 Å². The summed E-state index contributed by atoms with van der Waals surface area (Å²) < 4.78 is 8.41. The lowest BCUT2D eigenvalue weighted by Gasteiger charge is -2.11. The van der Waals surface area contributed by atoms with Crippen LogP contribution < -0.4 is 10.4 Å². The first kappa shape index (κ1) is 16.5. The molecular weight excluding hydrogens is 306 g/mol. The highest BCUT2D eigenvalue weighted by Gasteiger charge is 2.18. The molecule has 0 radical (unpaired) electrons. The van der Waals surface area contributed by atoms with Crippen LogP contribution in [0.5, 0.6) is 5.75 Å². The molecular formula is C18H23N3O3. The summed E-state index contributed by atoms with van der Waals surface area (Å²) in [5.41, 5.74) is 2.72. The molecule has 1 aliphatic rings. The number of nitrogens with zero attached hydrogens (tertiary/aromatic N) is 3. The molecule has 24 heavy (non-hydrogen) atoms. The van der Waals surface area contributed by atoms with Crippen LogP contribution in [0.3, 0.4) is 0 Å². The summed E-state index contributed by atoms with van der Waals surface area (Å²) in [5, 5.41) is 4.32. The van der Waals surface area contributed by atoms with Crippen molar-refractivity contribution in [3.8, 4) is 5.75 Å². The van der Waals surface area contributed by atoms with Crippen LogP contribution in [0.15, 0.2) is 16.9 Å². The fraction of sp³-hybridized carbons (Fsp3) is 0.500. The number of hydrogen-bond acceptors (Lipinski definition) is 4. The normalized spacial score (nSPS) is 14.1. The molecule has 0 N–H and O–H groups in total. The van der Waals surface area contributed by atoms with Crippen molar-refractivity contribution in [3.05, 3.63) is 45.1 Å². The minimum absolute atomic E-state index is 0.161. The zero-order valence-corrected chi connectivity index (χ0v) is 14.5. The van der Waals surface area contributed by atoms with E-state index in [1.54, 1.807) is 4.57 Å². The lowest BCUT2D eigenvalue weighted by atomic mass is 10.1. The Morgan fingerprint density at radius 3 is 2.58 bits per heavy atom. The standard InChI is InChI=1S/C18H23N3O3/c1-12-9-13(2)17(14(3)10-12)24-16(22)11-21-18(23)20-8-6-4-5-7-15(20)19-21/h9-10H,4-8,11H2,1-3H3. The maximum absolute atomic E-state index is 12.4. The number of fused-ring (bicyclic) bond motifs is 1. The van der Waals surface area contributed by atoms with Gasteiger partial charge in [0.2, 0.25) is 0 Å². The van der Waals surface area contributed by atoms with Crippen LogP contribution in [0.4, 0.5) is 0 Å². The van der Waals surface area contributed by atoms with Crippen LogP contribution in [0.25, 0.3) is 0 Å². The molecule has 0 unspecified atom stereocenters. The Morgan fingerprint density at radius 2 is 1.88 bits per heavy atom. The third-order valence-electron chi connectivity index (χ3n) is 4.38. The van der Waals surface area contributed by atoms with Crippen molar-refractivity contribution in [3.63, 3.8) is 0 Å². The molecule has 0 saturated heterocycles. The number of ether oxygens (including phenoxy) is 1. The van der Waals surface area contributed by atoms with Crippen LogP contribution in [-0.2, 0) is 24.3 Å². The fourth-order valence-electron chi connectivity index (χ4n) is 3.32. The van der Waals surface area contributed by atoms with Gasteiger partial charge in [0.25, 0.3) is 0 Å². The second-order valence-electron chi connectivity index (χ2n) is 6.52.